The van der Waals surface area contributed by atoms with Crippen molar-refractivity contribution in [3.8, 4) is 0 Å². The molecule has 0 aliphatic rings. The molecular weight excluding hydrogens is 877 g/mol. The van der Waals surface area contributed by atoms with E-state index in [0.717, 1.165) is 116 Å². The smallest absolute Gasteiger partial charge is 0.306 e. The topological polar surface area (TPSA) is 78.9 Å². The van der Waals surface area contributed by atoms with E-state index in [0.29, 0.717) is 19.3 Å². The third-order valence-corrected chi connectivity index (χ3v) is 12.8. The fraction of sp³-hybridized carbons (Fsp3) is 0.738. The van der Waals surface area contributed by atoms with Gasteiger partial charge in [0.1, 0.15) is 13.2 Å². The zero-order chi connectivity index (χ0) is 51.4. The summed E-state index contributed by atoms with van der Waals surface area (Å²) in [5.41, 5.74) is 0. The lowest BCUT2D eigenvalue weighted by molar-refractivity contribution is -0.167. The maximum absolute atomic E-state index is 12.8. The number of ether oxygens (including phenoxy) is 3. The zero-order valence-electron chi connectivity index (χ0n) is 46.7. The first-order chi connectivity index (χ1) is 35.0. The summed E-state index contributed by atoms with van der Waals surface area (Å²) < 4.78 is 16.8. The highest BCUT2D eigenvalue weighted by molar-refractivity contribution is 5.71. The van der Waals surface area contributed by atoms with Gasteiger partial charge in [0.25, 0.3) is 0 Å². The summed E-state index contributed by atoms with van der Waals surface area (Å²) in [4.78, 5) is 38.0. The van der Waals surface area contributed by atoms with Crippen LogP contribution in [0.15, 0.2) is 85.1 Å². The molecular formula is C65H112O6. The molecule has 0 aliphatic heterocycles. The molecule has 0 aromatic heterocycles. The molecule has 6 heteroatoms. The van der Waals surface area contributed by atoms with Crippen molar-refractivity contribution in [2.45, 2.75) is 297 Å². The third-order valence-electron chi connectivity index (χ3n) is 12.8. The molecule has 0 N–H and O–H groups in total. The minimum Gasteiger partial charge on any atom is -0.462 e. The molecule has 0 rings (SSSR count). The van der Waals surface area contributed by atoms with Crippen LogP contribution < -0.4 is 0 Å². The van der Waals surface area contributed by atoms with E-state index in [1.165, 1.54) is 135 Å². The predicted octanol–water partition coefficient (Wildman–Crippen LogP) is 20.3. The highest BCUT2D eigenvalue weighted by Gasteiger charge is 2.19. The molecule has 0 spiro atoms. The van der Waals surface area contributed by atoms with E-state index in [9.17, 15) is 14.4 Å². The van der Waals surface area contributed by atoms with E-state index in [4.69, 9.17) is 14.2 Å². The van der Waals surface area contributed by atoms with Gasteiger partial charge in [-0.15, -0.1) is 0 Å². The molecule has 0 bridgehead atoms. The molecule has 0 aromatic rings. The Morgan fingerprint density at radius 2 is 0.577 bits per heavy atom. The lowest BCUT2D eigenvalue weighted by Crippen LogP contribution is -2.30. The molecule has 1 unspecified atom stereocenters. The molecule has 408 valence electrons. The number of rotatable bonds is 54. The Morgan fingerprint density at radius 3 is 0.930 bits per heavy atom. The van der Waals surface area contributed by atoms with E-state index < -0.39 is 6.10 Å². The summed E-state index contributed by atoms with van der Waals surface area (Å²) in [5.74, 6) is -0.895. The van der Waals surface area contributed by atoms with Crippen molar-refractivity contribution < 1.29 is 28.6 Å². The van der Waals surface area contributed by atoms with Crippen LogP contribution in [0.4, 0.5) is 0 Å². The maximum atomic E-state index is 12.8. The average Bonchev–Trinajstić information content (AvgIpc) is 3.37. The van der Waals surface area contributed by atoms with Crippen LogP contribution in [0.1, 0.15) is 290 Å². The number of carbonyl (C=O) groups excluding carboxylic acids is 3. The fourth-order valence-corrected chi connectivity index (χ4v) is 8.35. The van der Waals surface area contributed by atoms with E-state index >= 15 is 0 Å². The summed E-state index contributed by atoms with van der Waals surface area (Å²) in [7, 11) is 0. The van der Waals surface area contributed by atoms with Crippen LogP contribution in [-0.4, -0.2) is 37.2 Å². The Balaban J connectivity index is 4.10. The van der Waals surface area contributed by atoms with Gasteiger partial charge in [-0.25, -0.2) is 0 Å². The normalized spacial score (nSPS) is 12.7. The third kappa shape index (κ3) is 57.4. The first-order valence-corrected chi connectivity index (χ1v) is 30.1. The Bertz CT molecular complexity index is 1370. The molecule has 0 amide bonds. The highest BCUT2D eigenvalue weighted by Crippen LogP contribution is 2.16. The largest absolute Gasteiger partial charge is 0.462 e. The van der Waals surface area contributed by atoms with Crippen LogP contribution in [-0.2, 0) is 28.6 Å². The van der Waals surface area contributed by atoms with E-state index in [1.807, 2.05) is 0 Å². The Labute approximate surface area is 439 Å². The van der Waals surface area contributed by atoms with E-state index in [-0.39, 0.29) is 31.1 Å². The molecule has 0 aliphatic carbocycles. The zero-order valence-corrected chi connectivity index (χ0v) is 46.7. The maximum Gasteiger partial charge on any atom is 0.306 e. The number of esters is 3. The average molecular weight is 990 g/mol. The monoisotopic (exact) mass is 989 g/mol. The minimum absolute atomic E-state index is 0.0804. The van der Waals surface area contributed by atoms with Crippen LogP contribution in [0.25, 0.3) is 0 Å². The number of hydrogen-bond donors (Lipinski definition) is 0. The predicted molar refractivity (Wildman–Crippen MR) is 307 cm³/mol. The number of hydrogen-bond acceptors (Lipinski definition) is 6. The van der Waals surface area contributed by atoms with Crippen LogP contribution in [0.5, 0.6) is 0 Å². The van der Waals surface area contributed by atoms with Gasteiger partial charge in [-0.1, -0.05) is 247 Å². The van der Waals surface area contributed by atoms with E-state index in [1.54, 1.807) is 0 Å². The van der Waals surface area contributed by atoms with Crippen LogP contribution in [0.2, 0.25) is 0 Å². The van der Waals surface area contributed by atoms with Gasteiger partial charge < -0.3 is 14.2 Å². The number of carbonyl (C=O) groups is 3. The first-order valence-electron chi connectivity index (χ1n) is 30.1. The first kappa shape index (κ1) is 67.6. The lowest BCUT2D eigenvalue weighted by Gasteiger charge is -2.18. The second-order valence-electron chi connectivity index (χ2n) is 19.9. The second kappa shape index (κ2) is 59.2. The van der Waals surface area contributed by atoms with Crippen molar-refractivity contribution in [1.29, 1.82) is 0 Å². The molecule has 1 atom stereocenters. The number of unbranched alkanes of at least 4 members (excludes halogenated alkanes) is 29. The molecule has 0 heterocycles. The van der Waals surface area contributed by atoms with Gasteiger partial charge >= 0.3 is 17.9 Å². The van der Waals surface area contributed by atoms with Crippen molar-refractivity contribution in [1.82, 2.24) is 0 Å². The van der Waals surface area contributed by atoms with Crippen molar-refractivity contribution in [3.63, 3.8) is 0 Å². The summed E-state index contributed by atoms with van der Waals surface area (Å²) >= 11 is 0. The van der Waals surface area contributed by atoms with Gasteiger partial charge in [-0.05, 0) is 109 Å². The second-order valence-corrected chi connectivity index (χ2v) is 19.9. The van der Waals surface area contributed by atoms with Crippen molar-refractivity contribution in [2.24, 2.45) is 0 Å². The standard InChI is InChI=1S/C65H112O6/c1-4-7-10-13-16-19-22-24-25-26-27-28-29-30-31-32-33-34-35-36-37-38-39-40-41-42-44-46-49-52-55-58-64(67)70-61-62(60-69-63(66)57-54-51-48-45-21-18-15-12-9-6-3)71-65(68)59-56-53-50-47-43-23-20-17-14-11-8-5-2/h7,10,12,15-17,19-20,24-25,27-28,30-31,62H,4-6,8-9,11,13-14,18,21-23,26,29,32-61H2,1-3H3/b10-7-,15-12-,19-16-,20-17-,25-24-,28-27-,31-30-. The Hall–Kier alpha value is -3.41. The summed E-state index contributed by atoms with van der Waals surface area (Å²) in [6, 6.07) is 0. The Kier molecular flexibility index (Phi) is 56.3. The minimum atomic E-state index is -0.781. The Morgan fingerprint density at radius 1 is 0.296 bits per heavy atom. The van der Waals surface area contributed by atoms with Crippen molar-refractivity contribution >= 4 is 17.9 Å². The van der Waals surface area contributed by atoms with Crippen LogP contribution >= 0.6 is 0 Å². The lowest BCUT2D eigenvalue weighted by atomic mass is 10.0. The molecule has 0 saturated heterocycles. The quantitative estimate of drug-likeness (QED) is 0.0261. The molecule has 6 nitrogen and oxygen atoms in total. The van der Waals surface area contributed by atoms with Gasteiger partial charge in [0, 0.05) is 19.3 Å². The molecule has 0 aromatic carbocycles. The summed E-state index contributed by atoms with van der Waals surface area (Å²) in [5, 5.41) is 0. The SMILES string of the molecule is CC/C=C\C/C=C\C/C=C\C/C=C\C/C=C\CCCCCCCCCCCCCCCCCC(=O)OCC(COC(=O)CCCCCCC/C=C\CCC)OC(=O)CCCCCCC/C=C\CCCCC. The van der Waals surface area contributed by atoms with Gasteiger partial charge in [0.2, 0.25) is 0 Å². The van der Waals surface area contributed by atoms with Crippen molar-refractivity contribution in [3.05, 3.63) is 85.1 Å². The van der Waals surface area contributed by atoms with Crippen LogP contribution in [0.3, 0.4) is 0 Å². The fourth-order valence-electron chi connectivity index (χ4n) is 8.35. The van der Waals surface area contributed by atoms with Crippen LogP contribution in [0, 0.1) is 0 Å². The molecule has 0 fully saturated rings. The molecule has 0 saturated carbocycles. The van der Waals surface area contributed by atoms with Gasteiger partial charge in [0.05, 0.1) is 0 Å². The van der Waals surface area contributed by atoms with Gasteiger partial charge in [-0.2, -0.15) is 0 Å². The number of allylic oxidation sites excluding steroid dienone is 14. The highest BCUT2D eigenvalue weighted by atomic mass is 16.6. The van der Waals surface area contributed by atoms with E-state index in [2.05, 4.69) is 106 Å². The molecule has 71 heavy (non-hydrogen) atoms. The van der Waals surface area contributed by atoms with Crippen molar-refractivity contribution in [2.75, 3.05) is 13.2 Å². The summed E-state index contributed by atoms with van der Waals surface area (Å²) in [6.45, 7) is 6.44. The van der Waals surface area contributed by atoms with Gasteiger partial charge in [-0.3, -0.25) is 14.4 Å². The summed E-state index contributed by atoms with van der Waals surface area (Å²) in [6.07, 6.45) is 77.5. The van der Waals surface area contributed by atoms with Gasteiger partial charge in [0.15, 0.2) is 6.10 Å². The molecule has 0 radical (unpaired) electrons.